The number of aryl methyl sites for hydroxylation is 1. The van der Waals surface area contributed by atoms with Gasteiger partial charge in [-0.2, -0.15) is 5.10 Å². The summed E-state index contributed by atoms with van der Waals surface area (Å²) in [7, 11) is 7.00. The lowest BCUT2D eigenvalue weighted by Gasteiger charge is -2.36. The third kappa shape index (κ3) is 4.45. The van der Waals surface area contributed by atoms with Gasteiger partial charge in [0, 0.05) is 57.1 Å². The third-order valence-corrected chi connectivity index (χ3v) is 5.16. The minimum Gasteiger partial charge on any atom is -0.497 e. The highest BCUT2D eigenvalue weighted by atomic mass is 16.5. The van der Waals surface area contributed by atoms with E-state index in [4.69, 9.17) is 9.47 Å². The largest absolute Gasteiger partial charge is 0.497 e. The Kier molecular flexibility index (Phi) is 6.53. The molecule has 8 heteroatoms. The molecule has 1 aromatic carbocycles. The van der Waals surface area contributed by atoms with Crippen molar-refractivity contribution in [2.75, 3.05) is 47.4 Å². The van der Waals surface area contributed by atoms with Crippen LogP contribution in [0.1, 0.15) is 17.2 Å². The first kappa shape index (κ1) is 20.2. The van der Waals surface area contributed by atoms with Crippen molar-refractivity contribution < 1.29 is 14.3 Å². The zero-order valence-electron chi connectivity index (χ0n) is 17.0. The smallest absolute Gasteiger partial charge is 0.244 e. The maximum atomic E-state index is 13.0. The number of aromatic nitrogens is 2. The number of nitrogens with one attached hydrogen (secondary N) is 1. The Morgan fingerprint density at radius 3 is 2.54 bits per heavy atom. The molecule has 0 bridgehead atoms. The summed E-state index contributed by atoms with van der Waals surface area (Å²) < 4.78 is 12.5. The van der Waals surface area contributed by atoms with Crippen LogP contribution in [-0.2, 0) is 18.4 Å². The zero-order chi connectivity index (χ0) is 20.1. The van der Waals surface area contributed by atoms with Crippen LogP contribution in [0.4, 0.5) is 0 Å². The summed E-state index contributed by atoms with van der Waals surface area (Å²) in [5.74, 6) is 1.76. The van der Waals surface area contributed by atoms with Crippen LogP contribution in [0.3, 0.4) is 0 Å². The Bertz CT molecular complexity index is 799. The van der Waals surface area contributed by atoms with E-state index in [0.717, 1.165) is 42.3 Å². The highest BCUT2D eigenvalue weighted by molar-refractivity contribution is 5.83. The lowest BCUT2D eigenvalue weighted by Crippen LogP contribution is -2.51. The Balaban J connectivity index is 1.60. The fourth-order valence-corrected chi connectivity index (χ4v) is 3.58. The molecule has 1 aliphatic rings. The van der Waals surface area contributed by atoms with Crippen molar-refractivity contribution in [3.63, 3.8) is 0 Å². The third-order valence-electron chi connectivity index (χ3n) is 5.16. The average molecular weight is 387 g/mol. The first-order valence-electron chi connectivity index (χ1n) is 9.43. The van der Waals surface area contributed by atoms with Crippen molar-refractivity contribution in [3.8, 4) is 11.5 Å². The summed E-state index contributed by atoms with van der Waals surface area (Å²) in [6, 6.07) is 5.48. The molecule has 0 saturated carbocycles. The van der Waals surface area contributed by atoms with Crippen molar-refractivity contribution in [3.05, 3.63) is 41.7 Å². The fraction of sp³-hybridized carbons (Fsp3) is 0.500. The van der Waals surface area contributed by atoms with Crippen LogP contribution in [0, 0.1) is 0 Å². The van der Waals surface area contributed by atoms with Gasteiger partial charge in [0.15, 0.2) is 0 Å². The Labute approximate surface area is 166 Å². The highest BCUT2D eigenvalue weighted by Crippen LogP contribution is 2.26. The summed E-state index contributed by atoms with van der Waals surface area (Å²) in [6.45, 7) is 3.79. The van der Waals surface area contributed by atoms with E-state index in [1.165, 1.54) is 0 Å². The standard InChI is InChI=1S/C20H29N5O3/c1-21-19(16-12-22-23(2)13-16)20(26)25-9-7-24(8-10-25)14-15-11-17(27-3)5-6-18(15)28-4/h5-6,11-13,19,21H,7-10,14H2,1-4H3. The summed E-state index contributed by atoms with van der Waals surface area (Å²) >= 11 is 0. The van der Waals surface area contributed by atoms with E-state index in [2.05, 4.69) is 15.3 Å². The molecule has 2 aromatic rings. The second-order valence-electron chi connectivity index (χ2n) is 6.95. The van der Waals surface area contributed by atoms with Gasteiger partial charge in [-0.05, 0) is 25.2 Å². The van der Waals surface area contributed by atoms with Crippen LogP contribution in [0.25, 0.3) is 0 Å². The lowest BCUT2D eigenvalue weighted by atomic mass is 10.1. The van der Waals surface area contributed by atoms with Gasteiger partial charge in [-0.25, -0.2) is 0 Å². The summed E-state index contributed by atoms with van der Waals surface area (Å²) in [6.07, 6.45) is 3.62. The van der Waals surface area contributed by atoms with Crippen LogP contribution in [-0.4, -0.2) is 72.9 Å². The first-order valence-corrected chi connectivity index (χ1v) is 9.43. The van der Waals surface area contributed by atoms with Crippen LogP contribution < -0.4 is 14.8 Å². The molecule has 1 amide bonds. The van der Waals surface area contributed by atoms with E-state index < -0.39 is 0 Å². The van der Waals surface area contributed by atoms with Gasteiger partial charge < -0.3 is 19.7 Å². The number of carbonyl (C=O) groups excluding carboxylic acids is 1. The van der Waals surface area contributed by atoms with Gasteiger partial charge in [0.1, 0.15) is 17.5 Å². The Hall–Kier alpha value is -2.58. The monoisotopic (exact) mass is 387 g/mol. The number of amides is 1. The highest BCUT2D eigenvalue weighted by Gasteiger charge is 2.28. The molecule has 2 heterocycles. The van der Waals surface area contributed by atoms with E-state index in [9.17, 15) is 4.79 Å². The molecule has 1 fully saturated rings. The molecule has 1 atom stereocenters. The van der Waals surface area contributed by atoms with Crippen LogP contribution >= 0.6 is 0 Å². The Morgan fingerprint density at radius 2 is 1.96 bits per heavy atom. The van der Waals surface area contributed by atoms with Gasteiger partial charge in [-0.1, -0.05) is 0 Å². The number of piperazine rings is 1. The molecule has 1 unspecified atom stereocenters. The van der Waals surface area contributed by atoms with Crippen molar-refractivity contribution in [2.45, 2.75) is 12.6 Å². The van der Waals surface area contributed by atoms with E-state index >= 15 is 0 Å². The molecule has 3 rings (SSSR count). The van der Waals surface area contributed by atoms with Crippen LogP contribution in [0.2, 0.25) is 0 Å². The number of methoxy groups -OCH3 is 2. The Morgan fingerprint density at radius 1 is 1.21 bits per heavy atom. The van der Waals surface area contributed by atoms with Crippen molar-refractivity contribution in [1.29, 1.82) is 0 Å². The molecular weight excluding hydrogens is 358 g/mol. The van der Waals surface area contributed by atoms with Crippen molar-refractivity contribution in [1.82, 2.24) is 24.9 Å². The predicted octanol–water partition coefficient (Wildman–Crippen LogP) is 1.04. The summed E-state index contributed by atoms with van der Waals surface area (Å²) in [4.78, 5) is 17.2. The second kappa shape index (κ2) is 9.07. The van der Waals surface area contributed by atoms with Gasteiger partial charge in [0.05, 0.1) is 20.4 Å². The molecule has 1 aliphatic heterocycles. The quantitative estimate of drug-likeness (QED) is 0.766. The average Bonchev–Trinajstić information content (AvgIpc) is 3.14. The van der Waals surface area contributed by atoms with Crippen molar-refractivity contribution >= 4 is 5.91 Å². The van der Waals surface area contributed by atoms with Gasteiger partial charge in [0.2, 0.25) is 5.91 Å². The predicted molar refractivity (Wildman–Crippen MR) is 106 cm³/mol. The van der Waals surface area contributed by atoms with Gasteiger partial charge in [-0.3, -0.25) is 14.4 Å². The topological polar surface area (TPSA) is 71.9 Å². The minimum absolute atomic E-state index is 0.0918. The number of rotatable bonds is 7. The molecular formula is C20H29N5O3. The number of ether oxygens (including phenoxy) is 2. The normalized spacial score (nSPS) is 16.1. The number of carbonyl (C=O) groups is 1. The molecule has 1 N–H and O–H groups in total. The number of benzene rings is 1. The molecule has 0 aliphatic carbocycles. The van der Waals surface area contributed by atoms with Crippen molar-refractivity contribution in [2.24, 2.45) is 7.05 Å². The summed E-state index contributed by atoms with van der Waals surface area (Å²) in [5, 5.41) is 7.30. The molecule has 1 saturated heterocycles. The van der Waals surface area contributed by atoms with Gasteiger partial charge in [0.25, 0.3) is 0 Å². The number of hydrogen-bond donors (Lipinski definition) is 1. The first-order chi connectivity index (χ1) is 13.5. The number of hydrogen-bond acceptors (Lipinski definition) is 6. The van der Waals surface area contributed by atoms with E-state index in [1.54, 1.807) is 32.1 Å². The summed E-state index contributed by atoms with van der Waals surface area (Å²) in [5.41, 5.74) is 1.98. The second-order valence-corrected chi connectivity index (χ2v) is 6.95. The van der Waals surface area contributed by atoms with E-state index in [0.29, 0.717) is 13.1 Å². The molecule has 1 aromatic heterocycles. The minimum atomic E-state index is -0.362. The molecule has 0 radical (unpaired) electrons. The molecule has 28 heavy (non-hydrogen) atoms. The van der Waals surface area contributed by atoms with Gasteiger partial charge in [-0.15, -0.1) is 0 Å². The van der Waals surface area contributed by atoms with Crippen LogP contribution in [0.5, 0.6) is 11.5 Å². The van der Waals surface area contributed by atoms with Gasteiger partial charge >= 0.3 is 0 Å². The SMILES string of the molecule is CNC(C(=O)N1CCN(Cc2cc(OC)ccc2OC)CC1)c1cnn(C)c1. The lowest BCUT2D eigenvalue weighted by molar-refractivity contribution is -0.135. The molecule has 0 spiro atoms. The van der Waals surface area contributed by atoms with E-state index in [-0.39, 0.29) is 11.9 Å². The number of nitrogens with zero attached hydrogens (tertiary/aromatic N) is 4. The number of likely N-dealkylation sites (N-methyl/N-ethyl adjacent to an activating group) is 1. The zero-order valence-corrected chi connectivity index (χ0v) is 17.0. The fourth-order valence-electron chi connectivity index (χ4n) is 3.58. The van der Waals surface area contributed by atoms with E-state index in [1.807, 2.05) is 36.3 Å². The molecule has 8 nitrogen and oxygen atoms in total. The molecule has 152 valence electrons. The van der Waals surface area contributed by atoms with Crippen LogP contribution in [0.15, 0.2) is 30.6 Å². The maximum Gasteiger partial charge on any atom is 0.244 e. The maximum absolute atomic E-state index is 13.0.